The SMILES string of the molecule is CCN(CC(=O)O)C1CC(NC(=O)N(C)C2CCN(C(C)C)C2)C1. The normalized spacial score (nSPS) is 27.3. The number of amides is 2. The first-order valence-corrected chi connectivity index (χ1v) is 9.05. The summed E-state index contributed by atoms with van der Waals surface area (Å²) in [7, 11) is 1.88. The van der Waals surface area contributed by atoms with Gasteiger partial charge in [0.25, 0.3) is 0 Å². The number of hydrogen-bond acceptors (Lipinski definition) is 4. The van der Waals surface area contributed by atoms with Crippen LogP contribution in [0, 0.1) is 0 Å². The molecule has 1 saturated carbocycles. The van der Waals surface area contributed by atoms with Crippen molar-refractivity contribution in [3.8, 4) is 0 Å². The fourth-order valence-electron chi connectivity index (χ4n) is 3.67. The van der Waals surface area contributed by atoms with Gasteiger partial charge in [0.1, 0.15) is 0 Å². The van der Waals surface area contributed by atoms with E-state index in [1.54, 1.807) is 0 Å². The lowest BCUT2D eigenvalue weighted by Crippen LogP contribution is -2.57. The van der Waals surface area contributed by atoms with Gasteiger partial charge in [0.15, 0.2) is 0 Å². The smallest absolute Gasteiger partial charge is 0.317 e. The Hall–Kier alpha value is -1.34. The maximum atomic E-state index is 12.4. The number of nitrogens with zero attached hydrogens (tertiary/aromatic N) is 3. The fraction of sp³-hybridized carbons (Fsp3) is 0.882. The van der Waals surface area contributed by atoms with E-state index in [4.69, 9.17) is 5.11 Å². The highest BCUT2D eigenvalue weighted by Gasteiger charge is 2.36. The molecule has 24 heavy (non-hydrogen) atoms. The van der Waals surface area contributed by atoms with Gasteiger partial charge in [-0.05, 0) is 39.7 Å². The molecule has 0 aromatic rings. The quantitative estimate of drug-likeness (QED) is 0.724. The second-order valence-electron chi connectivity index (χ2n) is 7.37. The monoisotopic (exact) mass is 340 g/mol. The van der Waals surface area contributed by atoms with E-state index in [1.807, 2.05) is 23.8 Å². The second-order valence-corrected chi connectivity index (χ2v) is 7.37. The number of hydrogen-bond donors (Lipinski definition) is 2. The molecule has 1 saturated heterocycles. The first kappa shape index (κ1) is 19.0. The van der Waals surface area contributed by atoms with Gasteiger partial charge in [-0.15, -0.1) is 0 Å². The zero-order chi connectivity index (χ0) is 17.9. The predicted molar refractivity (Wildman–Crippen MR) is 93.1 cm³/mol. The first-order valence-electron chi connectivity index (χ1n) is 9.05. The molecule has 2 amide bonds. The minimum atomic E-state index is -0.792. The number of likely N-dealkylation sites (tertiary alicyclic amines) is 1. The molecule has 1 atom stereocenters. The van der Waals surface area contributed by atoms with Crippen LogP contribution in [0.15, 0.2) is 0 Å². The lowest BCUT2D eigenvalue weighted by molar-refractivity contribution is -0.139. The third-order valence-corrected chi connectivity index (χ3v) is 5.49. The van der Waals surface area contributed by atoms with Crippen LogP contribution in [-0.2, 0) is 4.79 Å². The number of rotatable bonds is 7. The van der Waals surface area contributed by atoms with E-state index in [9.17, 15) is 9.59 Å². The van der Waals surface area contributed by atoms with E-state index in [2.05, 4.69) is 24.1 Å². The number of nitrogens with one attached hydrogen (secondary N) is 1. The Morgan fingerprint density at radius 2 is 1.96 bits per heavy atom. The maximum absolute atomic E-state index is 12.4. The van der Waals surface area contributed by atoms with Crippen molar-refractivity contribution in [2.45, 2.75) is 64.2 Å². The van der Waals surface area contributed by atoms with Gasteiger partial charge in [0.2, 0.25) is 0 Å². The Labute approximate surface area is 145 Å². The van der Waals surface area contributed by atoms with Crippen LogP contribution < -0.4 is 5.32 Å². The summed E-state index contributed by atoms with van der Waals surface area (Å²) in [5.41, 5.74) is 0. The molecule has 1 aliphatic carbocycles. The molecular weight excluding hydrogens is 308 g/mol. The standard InChI is InChI=1S/C17H32N4O3/c1-5-20(11-16(22)23)15-8-13(9-15)18-17(24)19(4)14-6-7-21(10-14)12(2)3/h12-15H,5-11H2,1-4H3,(H,18,24)(H,22,23). The Bertz CT molecular complexity index is 451. The van der Waals surface area contributed by atoms with Gasteiger partial charge in [0, 0.05) is 44.3 Å². The average Bonchev–Trinajstić information content (AvgIpc) is 2.97. The van der Waals surface area contributed by atoms with Crippen LogP contribution in [-0.4, -0.2) is 89.2 Å². The summed E-state index contributed by atoms with van der Waals surface area (Å²) < 4.78 is 0. The van der Waals surface area contributed by atoms with E-state index in [0.29, 0.717) is 6.04 Å². The number of aliphatic carboxylic acids is 1. The van der Waals surface area contributed by atoms with E-state index in [0.717, 1.165) is 38.9 Å². The highest BCUT2D eigenvalue weighted by molar-refractivity contribution is 5.74. The lowest BCUT2D eigenvalue weighted by atomic mass is 9.85. The summed E-state index contributed by atoms with van der Waals surface area (Å²) >= 11 is 0. The molecule has 1 heterocycles. The molecule has 1 unspecified atom stereocenters. The van der Waals surface area contributed by atoms with E-state index in [1.165, 1.54) is 0 Å². The third kappa shape index (κ3) is 4.60. The molecule has 2 aliphatic rings. The Balaban J connectivity index is 1.73. The molecule has 0 bridgehead atoms. The van der Waals surface area contributed by atoms with E-state index in [-0.39, 0.29) is 30.7 Å². The number of carboxylic acid groups (broad SMARTS) is 1. The molecule has 1 aliphatic heterocycles. The highest BCUT2D eigenvalue weighted by Crippen LogP contribution is 2.26. The van der Waals surface area contributed by atoms with E-state index < -0.39 is 5.97 Å². The highest BCUT2D eigenvalue weighted by atomic mass is 16.4. The Kier molecular flexibility index (Phi) is 6.46. The topological polar surface area (TPSA) is 76.1 Å². The molecular formula is C17H32N4O3. The Morgan fingerprint density at radius 1 is 1.29 bits per heavy atom. The van der Waals surface area contributed by atoms with Gasteiger partial charge >= 0.3 is 12.0 Å². The lowest BCUT2D eigenvalue weighted by Gasteiger charge is -2.43. The van der Waals surface area contributed by atoms with Gasteiger partial charge in [-0.3, -0.25) is 14.6 Å². The zero-order valence-corrected chi connectivity index (χ0v) is 15.4. The molecule has 0 aromatic carbocycles. The van der Waals surface area contributed by atoms with Crippen LogP contribution >= 0.6 is 0 Å². The van der Waals surface area contributed by atoms with Gasteiger partial charge < -0.3 is 15.3 Å². The molecule has 0 spiro atoms. The Morgan fingerprint density at radius 3 is 2.46 bits per heavy atom. The molecule has 7 heteroatoms. The first-order chi connectivity index (χ1) is 11.3. The molecule has 2 N–H and O–H groups in total. The molecule has 2 rings (SSSR count). The van der Waals surface area contributed by atoms with Gasteiger partial charge in [-0.25, -0.2) is 4.79 Å². The summed E-state index contributed by atoms with van der Waals surface area (Å²) in [6, 6.07) is 1.23. The largest absolute Gasteiger partial charge is 0.480 e. The molecule has 7 nitrogen and oxygen atoms in total. The summed E-state index contributed by atoms with van der Waals surface area (Å²) in [5, 5.41) is 12.0. The van der Waals surface area contributed by atoms with Gasteiger partial charge in [-0.2, -0.15) is 0 Å². The number of carbonyl (C=O) groups excluding carboxylic acids is 1. The third-order valence-electron chi connectivity index (χ3n) is 5.49. The van der Waals surface area contributed by atoms with Crippen LogP contribution in [0.5, 0.6) is 0 Å². The van der Waals surface area contributed by atoms with Crippen molar-refractivity contribution in [2.24, 2.45) is 0 Å². The van der Waals surface area contributed by atoms with Crippen LogP contribution in [0.1, 0.15) is 40.0 Å². The molecule has 0 radical (unpaired) electrons. The average molecular weight is 340 g/mol. The maximum Gasteiger partial charge on any atom is 0.317 e. The minimum absolute atomic E-state index is 0.00432. The van der Waals surface area contributed by atoms with Crippen molar-refractivity contribution in [1.82, 2.24) is 20.0 Å². The van der Waals surface area contributed by atoms with E-state index >= 15 is 0 Å². The summed E-state index contributed by atoms with van der Waals surface area (Å²) in [6.07, 6.45) is 2.70. The van der Waals surface area contributed by atoms with Crippen molar-refractivity contribution in [2.75, 3.05) is 33.2 Å². The molecule has 2 fully saturated rings. The fourth-order valence-corrected chi connectivity index (χ4v) is 3.67. The summed E-state index contributed by atoms with van der Waals surface area (Å²) in [4.78, 5) is 29.5. The number of urea groups is 1. The molecule has 0 aromatic heterocycles. The summed E-state index contributed by atoms with van der Waals surface area (Å²) in [6.45, 7) is 9.15. The number of likely N-dealkylation sites (N-methyl/N-ethyl adjacent to an activating group) is 2. The minimum Gasteiger partial charge on any atom is -0.480 e. The number of carboxylic acids is 1. The van der Waals surface area contributed by atoms with Crippen LogP contribution in [0.4, 0.5) is 4.79 Å². The summed E-state index contributed by atoms with van der Waals surface area (Å²) in [5.74, 6) is -0.792. The van der Waals surface area contributed by atoms with Gasteiger partial charge in [0.05, 0.1) is 6.54 Å². The van der Waals surface area contributed by atoms with Crippen molar-refractivity contribution in [3.63, 3.8) is 0 Å². The van der Waals surface area contributed by atoms with Crippen molar-refractivity contribution in [3.05, 3.63) is 0 Å². The number of carbonyl (C=O) groups is 2. The molecule has 138 valence electrons. The predicted octanol–water partition coefficient (Wildman–Crippen LogP) is 1.05. The second kappa shape index (κ2) is 8.16. The van der Waals surface area contributed by atoms with Crippen LogP contribution in [0.3, 0.4) is 0 Å². The zero-order valence-electron chi connectivity index (χ0n) is 15.4. The van der Waals surface area contributed by atoms with Crippen molar-refractivity contribution >= 4 is 12.0 Å². The van der Waals surface area contributed by atoms with Crippen molar-refractivity contribution in [1.29, 1.82) is 0 Å². The van der Waals surface area contributed by atoms with Crippen LogP contribution in [0.25, 0.3) is 0 Å². The van der Waals surface area contributed by atoms with Crippen LogP contribution in [0.2, 0.25) is 0 Å². The van der Waals surface area contributed by atoms with Gasteiger partial charge in [-0.1, -0.05) is 6.92 Å². The van der Waals surface area contributed by atoms with Crippen molar-refractivity contribution < 1.29 is 14.7 Å².